The third-order valence-electron chi connectivity index (χ3n) is 2.87. The molecule has 0 aliphatic heterocycles. The van der Waals surface area contributed by atoms with E-state index >= 15 is 0 Å². The predicted molar refractivity (Wildman–Crippen MR) is 75.1 cm³/mol. The number of phenolic OH excluding ortho intramolecular Hbond substituents is 1. The minimum absolute atomic E-state index is 0.356. The lowest BCUT2D eigenvalue weighted by atomic mass is 10.1. The summed E-state index contributed by atoms with van der Waals surface area (Å²) < 4.78 is 0. The van der Waals surface area contributed by atoms with Gasteiger partial charge in [0.15, 0.2) is 0 Å². The molecule has 0 radical (unpaired) electrons. The lowest BCUT2D eigenvalue weighted by Crippen LogP contribution is -2.19. The topological polar surface area (TPSA) is 45.1 Å². The molecule has 2 N–H and O–H groups in total. The monoisotopic (exact) mass is 262 g/mol. The molecule has 0 bridgehead atoms. The third kappa shape index (κ3) is 3.31. The summed E-state index contributed by atoms with van der Waals surface area (Å²) in [5.41, 5.74) is 2.11. The van der Waals surface area contributed by atoms with Crippen LogP contribution in [0.4, 0.5) is 0 Å². The first-order chi connectivity index (χ1) is 8.66. The standard InChI is InChI=1S/C14H18N2OS/c1-10-3-4-13(17)12(7-10)9-15-8-11(2)14-16-5-6-18-14/h3-7,11,15,17H,8-9H2,1-2H3. The van der Waals surface area contributed by atoms with Crippen LogP contribution in [0.2, 0.25) is 0 Å². The van der Waals surface area contributed by atoms with E-state index in [-0.39, 0.29) is 0 Å². The number of nitrogens with zero attached hydrogens (tertiary/aromatic N) is 1. The van der Waals surface area contributed by atoms with Gasteiger partial charge in [-0.2, -0.15) is 0 Å². The Labute approximate surface area is 112 Å². The zero-order valence-electron chi connectivity index (χ0n) is 10.7. The van der Waals surface area contributed by atoms with E-state index in [2.05, 4.69) is 17.2 Å². The van der Waals surface area contributed by atoms with E-state index in [0.717, 1.165) is 22.7 Å². The summed E-state index contributed by atoms with van der Waals surface area (Å²) in [5.74, 6) is 0.756. The van der Waals surface area contributed by atoms with E-state index in [1.807, 2.05) is 30.6 Å². The average molecular weight is 262 g/mol. The minimum Gasteiger partial charge on any atom is -0.508 e. The maximum absolute atomic E-state index is 9.73. The molecule has 0 aliphatic rings. The zero-order chi connectivity index (χ0) is 13.0. The molecule has 96 valence electrons. The van der Waals surface area contributed by atoms with Gasteiger partial charge in [-0.05, 0) is 13.0 Å². The van der Waals surface area contributed by atoms with Crippen molar-refractivity contribution >= 4 is 11.3 Å². The molecule has 1 atom stereocenters. The van der Waals surface area contributed by atoms with Crippen LogP contribution in [0.1, 0.15) is 29.0 Å². The predicted octanol–water partition coefficient (Wildman–Crippen LogP) is 3.05. The number of phenols is 1. The Bertz CT molecular complexity index is 497. The minimum atomic E-state index is 0.356. The van der Waals surface area contributed by atoms with Gasteiger partial charge < -0.3 is 10.4 Å². The molecule has 1 aromatic carbocycles. The van der Waals surface area contributed by atoms with Crippen molar-refractivity contribution in [3.05, 3.63) is 45.9 Å². The van der Waals surface area contributed by atoms with E-state index in [0.29, 0.717) is 18.2 Å². The maximum Gasteiger partial charge on any atom is 0.120 e. The van der Waals surface area contributed by atoms with Crippen molar-refractivity contribution in [2.24, 2.45) is 0 Å². The number of aromatic hydroxyl groups is 1. The van der Waals surface area contributed by atoms with Gasteiger partial charge in [0.2, 0.25) is 0 Å². The van der Waals surface area contributed by atoms with Crippen LogP contribution in [0.25, 0.3) is 0 Å². The molecule has 0 saturated heterocycles. The molecule has 2 aromatic rings. The van der Waals surface area contributed by atoms with Crippen LogP contribution in [0.15, 0.2) is 29.8 Å². The summed E-state index contributed by atoms with van der Waals surface area (Å²) in [7, 11) is 0. The van der Waals surface area contributed by atoms with Crippen LogP contribution in [0.3, 0.4) is 0 Å². The van der Waals surface area contributed by atoms with Crippen LogP contribution < -0.4 is 5.32 Å². The van der Waals surface area contributed by atoms with Crippen molar-refractivity contribution in [3.8, 4) is 5.75 Å². The number of rotatable bonds is 5. The molecule has 0 spiro atoms. The fourth-order valence-corrected chi connectivity index (χ4v) is 2.54. The first-order valence-electron chi connectivity index (χ1n) is 6.05. The van der Waals surface area contributed by atoms with Crippen LogP contribution in [-0.4, -0.2) is 16.6 Å². The number of benzene rings is 1. The first kappa shape index (κ1) is 13.1. The molecule has 0 fully saturated rings. The van der Waals surface area contributed by atoms with Crippen molar-refractivity contribution in [3.63, 3.8) is 0 Å². The Balaban J connectivity index is 1.87. The maximum atomic E-state index is 9.73. The first-order valence-corrected chi connectivity index (χ1v) is 6.93. The van der Waals surface area contributed by atoms with Gasteiger partial charge in [0.05, 0.1) is 5.01 Å². The van der Waals surface area contributed by atoms with E-state index < -0.39 is 0 Å². The number of hydrogen-bond acceptors (Lipinski definition) is 4. The molecule has 3 nitrogen and oxygen atoms in total. The molecular formula is C14H18N2OS. The van der Waals surface area contributed by atoms with E-state index in [1.54, 1.807) is 17.4 Å². The van der Waals surface area contributed by atoms with E-state index in [9.17, 15) is 5.11 Å². The number of aryl methyl sites for hydroxylation is 1. The molecule has 2 rings (SSSR count). The van der Waals surface area contributed by atoms with Gasteiger partial charge in [0, 0.05) is 36.1 Å². The summed E-state index contributed by atoms with van der Waals surface area (Å²) in [6.07, 6.45) is 1.84. The quantitative estimate of drug-likeness (QED) is 0.870. The van der Waals surface area contributed by atoms with Gasteiger partial charge in [-0.25, -0.2) is 4.98 Å². The molecule has 0 amide bonds. The van der Waals surface area contributed by atoms with Crippen LogP contribution in [0.5, 0.6) is 5.75 Å². The van der Waals surface area contributed by atoms with Crippen LogP contribution in [0, 0.1) is 6.92 Å². The van der Waals surface area contributed by atoms with Gasteiger partial charge in [-0.3, -0.25) is 0 Å². The molecule has 18 heavy (non-hydrogen) atoms. The number of thiazole rings is 1. The number of aromatic nitrogens is 1. The Hall–Kier alpha value is -1.39. The van der Waals surface area contributed by atoms with Gasteiger partial charge in [-0.1, -0.05) is 24.6 Å². The molecular weight excluding hydrogens is 244 g/mol. The lowest BCUT2D eigenvalue weighted by Gasteiger charge is -2.11. The highest BCUT2D eigenvalue weighted by Crippen LogP contribution is 2.19. The van der Waals surface area contributed by atoms with Gasteiger partial charge in [-0.15, -0.1) is 11.3 Å². The van der Waals surface area contributed by atoms with Crippen molar-refractivity contribution in [1.82, 2.24) is 10.3 Å². The SMILES string of the molecule is Cc1ccc(O)c(CNCC(C)c2nccs2)c1. The molecule has 1 heterocycles. The molecule has 0 saturated carbocycles. The Morgan fingerprint density at radius 2 is 2.28 bits per heavy atom. The molecule has 4 heteroatoms. The smallest absolute Gasteiger partial charge is 0.120 e. The van der Waals surface area contributed by atoms with Crippen molar-refractivity contribution in [2.45, 2.75) is 26.3 Å². The molecule has 0 aliphatic carbocycles. The van der Waals surface area contributed by atoms with Gasteiger partial charge in [0.25, 0.3) is 0 Å². The van der Waals surface area contributed by atoms with Gasteiger partial charge in [0.1, 0.15) is 5.75 Å². The molecule has 1 aromatic heterocycles. The van der Waals surface area contributed by atoms with Crippen molar-refractivity contribution in [1.29, 1.82) is 0 Å². The highest BCUT2D eigenvalue weighted by molar-refractivity contribution is 7.09. The third-order valence-corrected chi connectivity index (χ3v) is 3.88. The average Bonchev–Trinajstić information content (AvgIpc) is 2.87. The normalized spacial score (nSPS) is 12.6. The summed E-state index contributed by atoms with van der Waals surface area (Å²) in [5, 5.41) is 16.2. The zero-order valence-corrected chi connectivity index (χ0v) is 11.5. The highest BCUT2D eigenvalue weighted by Gasteiger charge is 2.08. The highest BCUT2D eigenvalue weighted by atomic mass is 32.1. The van der Waals surface area contributed by atoms with Crippen LogP contribution in [-0.2, 0) is 6.54 Å². The summed E-state index contributed by atoms with van der Waals surface area (Å²) in [6.45, 7) is 5.73. The second-order valence-electron chi connectivity index (χ2n) is 4.53. The Morgan fingerprint density at radius 1 is 1.44 bits per heavy atom. The van der Waals surface area contributed by atoms with Crippen LogP contribution >= 0.6 is 11.3 Å². The summed E-state index contributed by atoms with van der Waals surface area (Å²) in [4.78, 5) is 4.30. The Kier molecular flexibility index (Phi) is 4.33. The van der Waals surface area contributed by atoms with E-state index in [4.69, 9.17) is 0 Å². The summed E-state index contributed by atoms with van der Waals surface area (Å²) in [6, 6.07) is 5.67. The van der Waals surface area contributed by atoms with Crippen molar-refractivity contribution in [2.75, 3.05) is 6.54 Å². The number of nitrogens with one attached hydrogen (secondary N) is 1. The fraction of sp³-hybridized carbons (Fsp3) is 0.357. The van der Waals surface area contributed by atoms with E-state index in [1.165, 1.54) is 0 Å². The Morgan fingerprint density at radius 3 is 3.00 bits per heavy atom. The fourth-order valence-electron chi connectivity index (χ4n) is 1.84. The van der Waals surface area contributed by atoms with Crippen molar-refractivity contribution < 1.29 is 5.11 Å². The number of hydrogen-bond donors (Lipinski definition) is 2. The summed E-state index contributed by atoms with van der Waals surface area (Å²) >= 11 is 1.68. The lowest BCUT2D eigenvalue weighted by molar-refractivity contribution is 0.463. The molecule has 1 unspecified atom stereocenters. The largest absolute Gasteiger partial charge is 0.508 e. The second-order valence-corrected chi connectivity index (χ2v) is 5.46. The van der Waals surface area contributed by atoms with Gasteiger partial charge >= 0.3 is 0 Å². The second kappa shape index (κ2) is 5.98.